The van der Waals surface area contributed by atoms with Crippen LogP contribution in [0.25, 0.3) is 0 Å². The van der Waals surface area contributed by atoms with Gasteiger partial charge in [0.05, 0.1) is 0 Å². The molecule has 0 fully saturated rings. The maximum absolute atomic E-state index is 13.8. The highest BCUT2D eigenvalue weighted by Gasteiger charge is 2.70. The van der Waals surface area contributed by atoms with Crippen LogP contribution in [0.15, 0.2) is 11.9 Å². The molecule has 120 valence electrons. The van der Waals surface area contributed by atoms with Crippen molar-refractivity contribution in [2.45, 2.75) is 43.6 Å². The zero-order chi connectivity index (χ0) is 16.2. The lowest BCUT2D eigenvalue weighted by Crippen LogP contribution is -2.58. The summed E-state index contributed by atoms with van der Waals surface area (Å²) in [4.78, 5) is 0. The maximum Gasteiger partial charge on any atom is 0.369 e. The average molecular weight is 331 g/mol. The predicted octanol–water partition coefficient (Wildman–Crippen LogP) is 5.15. The fraction of sp³-hybridized carbons (Fsp3) is 0.818. The molecule has 0 aliphatic heterocycles. The second-order valence-corrected chi connectivity index (χ2v) is 4.68. The highest BCUT2D eigenvalue weighted by Crippen LogP contribution is 2.50. The number of alkyl halides is 5. The molecule has 0 aromatic carbocycles. The van der Waals surface area contributed by atoms with E-state index in [1.807, 2.05) is 0 Å². The first kappa shape index (κ1) is 19.5. The number of hydrogen-bond donors (Lipinski definition) is 0. The molecule has 0 spiro atoms. The normalized spacial score (nSPS) is 15.9. The maximum atomic E-state index is 13.8. The van der Waals surface area contributed by atoms with Crippen LogP contribution in [0.2, 0.25) is 0 Å². The molecule has 0 N–H and O–H groups in total. The van der Waals surface area contributed by atoms with E-state index < -0.39 is 35.8 Å². The first-order valence-corrected chi connectivity index (χ1v) is 6.09. The Bertz CT molecular complexity index is 355. The average Bonchev–Trinajstić information content (AvgIpc) is 2.37. The molecule has 0 aliphatic carbocycles. The van der Waals surface area contributed by atoms with Crippen LogP contribution < -0.4 is 0 Å². The fourth-order valence-electron chi connectivity index (χ4n) is 1.53. The van der Waals surface area contributed by atoms with E-state index in [1.165, 1.54) is 0 Å². The second kappa shape index (κ2) is 6.98. The second-order valence-electron chi connectivity index (χ2n) is 4.30. The number of halogens is 8. The first-order valence-electron chi connectivity index (χ1n) is 5.56. The Kier molecular flexibility index (Phi) is 6.80. The molecule has 0 saturated carbocycles. The predicted molar refractivity (Wildman–Crippen MR) is 60.2 cm³/mol. The first-order chi connectivity index (χ1) is 8.98. The van der Waals surface area contributed by atoms with Crippen molar-refractivity contribution >= 4 is 11.6 Å². The molecule has 1 nitrogen and oxygen atoms in total. The molecule has 1 unspecified atom stereocenters. The van der Waals surface area contributed by atoms with Gasteiger partial charge >= 0.3 is 17.9 Å². The van der Waals surface area contributed by atoms with Crippen LogP contribution >= 0.6 is 11.6 Å². The van der Waals surface area contributed by atoms with Crippen molar-refractivity contribution in [1.82, 2.24) is 0 Å². The summed E-state index contributed by atoms with van der Waals surface area (Å²) < 4.78 is 94.9. The highest BCUT2D eigenvalue weighted by atomic mass is 35.5. The summed E-state index contributed by atoms with van der Waals surface area (Å²) in [6.07, 6.45) is -3.87. The summed E-state index contributed by atoms with van der Waals surface area (Å²) in [6, 6.07) is 0. The lowest BCUT2D eigenvalue weighted by Gasteiger charge is -2.39. The third kappa shape index (κ3) is 3.58. The van der Waals surface area contributed by atoms with Crippen molar-refractivity contribution in [3.8, 4) is 0 Å². The van der Waals surface area contributed by atoms with E-state index in [-0.39, 0.29) is 18.7 Å². The van der Waals surface area contributed by atoms with E-state index in [0.717, 1.165) is 7.11 Å². The van der Waals surface area contributed by atoms with E-state index >= 15 is 0 Å². The minimum atomic E-state index is -5.67. The zero-order valence-electron chi connectivity index (χ0n) is 10.8. The van der Waals surface area contributed by atoms with E-state index in [9.17, 15) is 30.7 Å². The summed E-state index contributed by atoms with van der Waals surface area (Å²) >= 11 is 5.33. The van der Waals surface area contributed by atoms with E-state index in [2.05, 4.69) is 4.74 Å². The van der Waals surface area contributed by atoms with Crippen molar-refractivity contribution in [2.24, 2.45) is 0 Å². The lowest BCUT2D eigenvalue weighted by atomic mass is 9.87. The Morgan fingerprint density at radius 1 is 1.05 bits per heavy atom. The Morgan fingerprint density at radius 2 is 1.55 bits per heavy atom. The van der Waals surface area contributed by atoms with Gasteiger partial charge in [-0.15, -0.1) is 11.6 Å². The van der Waals surface area contributed by atoms with Gasteiger partial charge in [0.1, 0.15) is 5.60 Å². The van der Waals surface area contributed by atoms with Gasteiger partial charge in [-0.2, -0.15) is 30.7 Å². The van der Waals surface area contributed by atoms with Crippen molar-refractivity contribution < 1.29 is 35.5 Å². The van der Waals surface area contributed by atoms with Crippen LogP contribution in [0.3, 0.4) is 0 Å². The van der Waals surface area contributed by atoms with Gasteiger partial charge in [-0.3, -0.25) is 0 Å². The molecule has 0 aromatic rings. The van der Waals surface area contributed by atoms with Gasteiger partial charge in [-0.1, -0.05) is 0 Å². The molecule has 9 heteroatoms. The number of hydrogen-bond acceptors (Lipinski definition) is 1. The largest absolute Gasteiger partial charge is 0.372 e. The molecule has 0 saturated heterocycles. The third-order valence-corrected chi connectivity index (χ3v) is 3.26. The molecule has 0 aromatic heterocycles. The monoisotopic (exact) mass is 330 g/mol. The van der Waals surface area contributed by atoms with Gasteiger partial charge in [0.2, 0.25) is 5.83 Å². The highest BCUT2D eigenvalue weighted by molar-refractivity contribution is 6.17. The van der Waals surface area contributed by atoms with Crippen LogP contribution in [-0.4, -0.2) is 30.4 Å². The van der Waals surface area contributed by atoms with Gasteiger partial charge in [-0.25, -0.2) is 0 Å². The molecule has 0 heterocycles. The van der Waals surface area contributed by atoms with Gasteiger partial charge in [0.25, 0.3) is 0 Å². The van der Waals surface area contributed by atoms with Gasteiger partial charge in [0, 0.05) is 13.0 Å². The van der Waals surface area contributed by atoms with Crippen molar-refractivity contribution in [3.05, 3.63) is 11.9 Å². The minimum Gasteiger partial charge on any atom is -0.372 e. The molecule has 1 atom stereocenters. The molecule has 0 aliphatic rings. The Balaban J connectivity index is 5.49. The summed E-state index contributed by atoms with van der Waals surface area (Å²) in [5.74, 6) is -14.2. The molecular formula is C11H14ClF7O. The van der Waals surface area contributed by atoms with Crippen molar-refractivity contribution in [3.63, 3.8) is 0 Å². The molecule has 0 bridgehead atoms. The Hall–Kier alpha value is -0.500. The quantitative estimate of drug-likeness (QED) is 0.340. The summed E-state index contributed by atoms with van der Waals surface area (Å²) in [5, 5.41) is 0. The van der Waals surface area contributed by atoms with Gasteiger partial charge < -0.3 is 4.74 Å². The van der Waals surface area contributed by atoms with Crippen LogP contribution in [-0.2, 0) is 4.74 Å². The minimum absolute atomic E-state index is 0.0110. The van der Waals surface area contributed by atoms with Crippen LogP contribution in [0.4, 0.5) is 30.7 Å². The van der Waals surface area contributed by atoms with Crippen LogP contribution in [0, 0.1) is 0 Å². The number of methoxy groups -OCH3 is 1. The third-order valence-electron chi connectivity index (χ3n) is 2.99. The van der Waals surface area contributed by atoms with Crippen LogP contribution in [0.1, 0.15) is 26.2 Å². The standard InChI is InChI=1S/C11H14ClF7O/c1-9(20-2,5-3-4-6-12)11(18,19)10(16,17)7(13)8(14)15/h3-6H2,1-2H3. The summed E-state index contributed by atoms with van der Waals surface area (Å²) in [7, 11) is 0.720. The Morgan fingerprint density at radius 3 is 1.90 bits per heavy atom. The Labute approximate surface area is 116 Å². The molecule has 0 radical (unpaired) electrons. The number of allylic oxidation sites excluding steroid dienone is 1. The van der Waals surface area contributed by atoms with Crippen LogP contribution in [0.5, 0.6) is 0 Å². The summed E-state index contributed by atoms with van der Waals surface area (Å²) in [6.45, 7) is 0.610. The van der Waals surface area contributed by atoms with Crippen molar-refractivity contribution in [2.75, 3.05) is 13.0 Å². The van der Waals surface area contributed by atoms with E-state index in [1.54, 1.807) is 0 Å². The SMILES string of the molecule is COC(C)(CCCCCl)C(F)(F)C(F)(F)C(F)=C(F)F. The molecule has 0 rings (SSSR count). The number of unbranched alkanes of at least 4 members (excludes halogenated alkanes) is 1. The van der Waals surface area contributed by atoms with Crippen molar-refractivity contribution in [1.29, 1.82) is 0 Å². The molecule has 0 amide bonds. The van der Waals surface area contributed by atoms with E-state index in [4.69, 9.17) is 11.6 Å². The summed E-state index contributed by atoms with van der Waals surface area (Å²) in [5.41, 5.74) is -2.81. The topological polar surface area (TPSA) is 9.23 Å². The number of rotatable bonds is 8. The lowest BCUT2D eigenvalue weighted by molar-refractivity contribution is -0.287. The van der Waals surface area contributed by atoms with Gasteiger partial charge in [-0.05, 0) is 26.2 Å². The van der Waals surface area contributed by atoms with Gasteiger partial charge in [0.15, 0.2) is 0 Å². The number of ether oxygens (including phenoxy) is 1. The van der Waals surface area contributed by atoms with E-state index in [0.29, 0.717) is 6.92 Å². The molecular weight excluding hydrogens is 317 g/mol. The fourth-order valence-corrected chi connectivity index (χ4v) is 1.72. The zero-order valence-corrected chi connectivity index (χ0v) is 11.5. The smallest absolute Gasteiger partial charge is 0.369 e. The molecule has 20 heavy (non-hydrogen) atoms.